The van der Waals surface area contributed by atoms with Crippen molar-refractivity contribution in [2.45, 2.75) is 6.54 Å². The molecule has 1 heterocycles. The minimum atomic E-state index is 0.651. The molecule has 0 saturated heterocycles. The van der Waals surface area contributed by atoms with Crippen LogP contribution in [0, 0.1) is 0 Å². The molecule has 4 N–H and O–H groups in total. The Labute approximate surface area is 94.9 Å². The molecule has 0 aliphatic rings. The summed E-state index contributed by atoms with van der Waals surface area (Å²) in [7, 11) is 0. The van der Waals surface area contributed by atoms with E-state index in [4.69, 9.17) is 5.73 Å². The summed E-state index contributed by atoms with van der Waals surface area (Å²) >= 11 is 0. The van der Waals surface area contributed by atoms with Crippen molar-refractivity contribution in [3.05, 3.63) is 42.1 Å². The van der Waals surface area contributed by atoms with E-state index < -0.39 is 0 Å². The Balaban J connectivity index is 2.13. The van der Waals surface area contributed by atoms with Crippen LogP contribution in [0.25, 0.3) is 11.3 Å². The van der Waals surface area contributed by atoms with Crippen LogP contribution in [0.15, 0.2) is 36.5 Å². The van der Waals surface area contributed by atoms with Gasteiger partial charge < -0.3 is 11.1 Å². The fraction of sp³-hybridized carbons (Fsp3) is 0.250. The molecular weight excluding hydrogens is 200 g/mol. The van der Waals surface area contributed by atoms with E-state index in [9.17, 15) is 0 Å². The van der Waals surface area contributed by atoms with Gasteiger partial charge >= 0.3 is 0 Å². The van der Waals surface area contributed by atoms with E-state index in [1.54, 1.807) is 0 Å². The standard InChI is InChI=1S/C12H16N4/c13-6-7-14-8-11-9-15-16-12(11)10-4-2-1-3-5-10/h1-5,9,14H,6-8,13H2,(H,15,16). The van der Waals surface area contributed by atoms with Crippen LogP contribution in [0.5, 0.6) is 0 Å². The summed E-state index contributed by atoms with van der Waals surface area (Å²) in [6, 6.07) is 10.2. The number of aromatic nitrogens is 2. The predicted octanol–water partition coefficient (Wildman–Crippen LogP) is 1.12. The lowest BCUT2D eigenvalue weighted by molar-refractivity contribution is 0.696. The average Bonchev–Trinajstić information content (AvgIpc) is 2.79. The van der Waals surface area contributed by atoms with Gasteiger partial charge in [-0.1, -0.05) is 30.3 Å². The van der Waals surface area contributed by atoms with E-state index in [0.29, 0.717) is 6.54 Å². The number of hydrogen-bond donors (Lipinski definition) is 3. The van der Waals surface area contributed by atoms with Crippen molar-refractivity contribution in [3.8, 4) is 11.3 Å². The smallest absolute Gasteiger partial charge is 0.0695 e. The van der Waals surface area contributed by atoms with Gasteiger partial charge in [0.25, 0.3) is 0 Å². The third kappa shape index (κ3) is 2.48. The van der Waals surface area contributed by atoms with Gasteiger partial charge in [-0.2, -0.15) is 5.10 Å². The average molecular weight is 216 g/mol. The first kappa shape index (κ1) is 10.9. The summed E-state index contributed by atoms with van der Waals surface area (Å²) in [5.41, 5.74) is 8.83. The normalized spacial score (nSPS) is 10.6. The SMILES string of the molecule is NCCNCc1cn[nH]c1-c1ccccc1. The number of aromatic amines is 1. The maximum atomic E-state index is 5.43. The third-order valence-electron chi connectivity index (χ3n) is 2.42. The quantitative estimate of drug-likeness (QED) is 0.656. The summed E-state index contributed by atoms with van der Waals surface area (Å²) < 4.78 is 0. The highest BCUT2D eigenvalue weighted by molar-refractivity contribution is 5.62. The third-order valence-corrected chi connectivity index (χ3v) is 2.42. The molecule has 4 heteroatoms. The van der Waals surface area contributed by atoms with Gasteiger partial charge in [0.1, 0.15) is 0 Å². The van der Waals surface area contributed by atoms with Crippen molar-refractivity contribution in [1.29, 1.82) is 0 Å². The van der Waals surface area contributed by atoms with Crippen LogP contribution in [-0.4, -0.2) is 23.3 Å². The molecule has 2 aromatic rings. The van der Waals surface area contributed by atoms with Crippen molar-refractivity contribution in [3.63, 3.8) is 0 Å². The first-order valence-corrected chi connectivity index (χ1v) is 5.40. The van der Waals surface area contributed by atoms with Gasteiger partial charge in [0.2, 0.25) is 0 Å². The van der Waals surface area contributed by atoms with E-state index in [1.807, 2.05) is 24.4 Å². The number of benzene rings is 1. The molecule has 0 atom stereocenters. The van der Waals surface area contributed by atoms with Crippen molar-refractivity contribution in [2.24, 2.45) is 5.73 Å². The first-order chi connectivity index (χ1) is 7.92. The van der Waals surface area contributed by atoms with E-state index >= 15 is 0 Å². The fourth-order valence-electron chi connectivity index (χ4n) is 1.63. The minimum Gasteiger partial charge on any atom is -0.329 e. The Morgan fingerprint density at radius 3 is 2.81 bits per heavy atom. The van der Waals surface area contributed by atoms with Crippen LogP contribution in [0.1, 0.15) is 5.56 Å². The van der Waals surface area contributed by atoms with Crippen LogP contribution < -0.4 is 11.1 Å². The topological polar surface area (TPSA) is 66.7 Å². The highest BCUT2D eigenvalue weighted by atomic mass is 15.1. The molecule has 0 bridgehead atoms. The molecule has 0 aliphatic carbocycles. The minimum absolute atomic E-state index is 0.651. The number of H-pyrrole nitrogens is 1. The molecule has 1 aromatic carbocycles. The van der Waals surface area contributed by atoms with E-state index in [-0.39, 0.29) is 0 Å². The van der Waals surface area contributed by atoms with Crippen molar-refractivity contribution in [2.75, 3.05) is 13.1 Å². The molecule has 0 aliphatic heterocycles. The molecule has 16 heavy (non-hydrogen) atoms. The van der Waals surface area contributed by atoms with Crippen LogP contribution >= 0.6 is 0 Å². The predicted molar refractivity (Wildman–Crippen MR) is 64.8 cm³/mol. The van der Waals surface area contributed by atoms with Gasteiger partial charge in [-0.3, -0.25) is 5.10 Å². The Morgan fingerprint density at radius 1 is 1.25 bits per heavy atom. The molecule has 0 fully saturated rings. The lowest BCUT2D eigenvalue weighted by Crippen LogP contribution is -2.21. The molecule has 0 amide bonds. The first-order valence-electron chi connectivity index (χ1n) is 5.40. The van der Waals surface area contributed by atoms with Crippen molar-refractivity contribution < 1.29 is 0 Å². The van der Waals surface area contributed by atoms with Gasteiger partial charge in [0, 0.05) is 25.2 Å². The Morgan fingerprint density at radius 2 is 2.06 bits per heavy atom. The number of nitrogens with zero attached hydrogens (tertiary/aromatic N) is 1. The second kappa shape index (κ2) is 5.44. The lowest BCUT2D eigenvalue weighted by Gasteiger charge is -2.04. The Kier molecular flexibility index (Phi) is 3.69. The second-order valence-corrected chi connectivity index (χ2v) is 3.60. The number of nitrogens with two attached hydrogens (primary N) is 1. The highest BCUT2D eigenvalue weighted by Gasteiger charge is 2.05. The van der Waals surface area contributed by atoms with Crippen LogP contribution in [0.2, 0.25) is 0 Å². The van der Waals surface area contributed by atoms with Crippen LogP contribution in [0.3, 0.4) is 0 Å². The summed E-state index contributed by atoms with van der Waals surface area (Å²) in [5.74, 6) is 0. The molecule has 0 radical (unpaired) electrons. The zero-order chi connectivity index (χ0) is 11.2. The van der Waals surface area contributed by atoms with E-state index in [1.165, 1.54) is 5.56 Å². The zero-order valence-electron chi connectivity index (χ0n) is 9.11. The van der Waals surface area contributed by atoms with Gasteiger partial charge in [0.15, 0.2) is 0 Å². The van der Waals surface area contributed by atoms with Gasteiger partial charge in [-0.25, -0.2) is 0 Å². The fourth-order valence-corrected chi connectivity index (χ4v) is 1.63. The van der Waals surface area contributed by atoms with Gasteiger partial charge in [-0.15, -0.1) is 0 Å². The molecule has 84 valence electrons. The highest BCUT2D eigenvalue weighted by Crippen LogP contribution is 2.20. The second-order valence-electron chi connectivity index (χ2n) is 3.60. The maximum absolute atomic E-state index is 5.43. The van der Waals surface area contributed by atoms with E-state index in [2.05, 4.69) is 27.6 Å². The number of nitrogens with one attached hydrogen (secondary N) is 2. The van der Waals surface area contributed by atoms with Crippen LogP contribution in [-0.2, 0) is 6.54 Å². The molecule has 0 unspecified atom stereocenters. The molecule has 2 rings (SSSR count). The van der Waals surface area contributed by atoms with E-state index in [0.717, 1.165) is 24.3 Å². The zero-order valence-corrected chi connectivity index (χ0v) is 9.11. The Hall–Kier alpha value is -1.65. The van der Waals surface area contributed by atoms with Crippen LogP contribution in [0.4, 0.5) is 0 Å². The largest absolute Gasteiger partial charge is 0.329 e. The molecule has 4 nitrogen and oxygen atoms in total. The summed E-state index contributed by atoms with van der Waals surface area (Å²) in [4.78, 5) is 0. The molecule has 1 aromatic heterocycles. The summed E-state index contributed by atoms with van der Waals surface area (Å²) in [5, 5.41) is 10.4. The summed E-state index contributed by atoms with van der Waals surface area (Å²) in [6.45, 7) is 2.26. The van der Waals surface area contributed by atoms with Crippen molar-refractivity contribution in [1.82, 2.24) is 15.5 Å². The molecule has 0 saturated carbocycles. The van der Waals surface area contributed by atoms with Crippen molar-refractivity contribution >= 4 is 0 Å². The Bertz CT molecular complexity index is 422. The molecule has 0 spiro atoms. The molecular formula is C12H16N4. The monoisotopic (exact) mass is 216 g/mol. The van der Waals surface area contributed by atoms with Gasteiger partial charge in [-0.05, 0) is 5.56 Å². The van der Waals surface area contributed by atoms with Gasteiger partial charge in [0.05, 0.1) is 11.9 Å². The maximum Gasteiger partial charge on any atom is 0.0695 e. The summed E-state index contributed by atoms with van der Waals surface area (Å²) in [6.07, 6.45) is 1.85. The number of rotatable bonds is 5. The lowest BCUT2D eigenvalue weighted by atomic mass is 10.1. The number of hydrogen-bond acceptors (Lipinski definition) is 3.